The zero-order valence-corrected chi connectivity index (χ0v) is 25.6. The predicted molar refractivity (Wildman–Crippen MR) is 170 cm³/mol. The Labute approximate surface area is 264 Å². The zero-order valence-electron chi connectivity index (χ0n) is 22.4. The number of rotatable bonds is 7. The number of furan rings is 1. The van der Waals surface area contributed by atoms with Crippen molar-refractivity contribution >= 4 is 65.6 Å². The molecule has 44 heavy (non-hydrogen) atoms. The quantitative estimate of drug-likeness (QED) is 0.0947. The van der Waals surface area contributed by atoms with E-state index in [1.54, 1.807) is 54.6 Å². The molecule has 0 amide bonds. The first-order valence-corrected chi connectivity index (χ1v) is 14.7. The van der Waals surface area contributed by atoms with Crippen LogP contribution >= 0.6 is 31.9 Å². The Morgan fingerprint density at radius 3 is 2.73 bits per heavy atom. The number of aromatic nitrogens is 2. The largest absolute Gasteiger partial charge is 0.481 e. The number of hydrogen-bond donors (Lipinski definition) is 0. The number of fused-ring (bicyclic) bond motifs is 3. The van der Waals surface area contributed by atoms with Crippen molar-refractivity contribution in [3.63, 3.8) is 0 Å². The molecule has 7 rings (SSSR count). The van der Waals surface area contributed by atoms with Gasteiger partial charge in [0.25, 0.3) is 5.56 Å². The molecule has 0 N–H and O–H groups in total. The first-order chi connectivity index (χ1) is 21.3. The second-order valence-electron chi connectivity index (χ2n) is 9.69. The molecule has 218 valence electrons. The van der Waals surface area contributed by atoms with E-state index in [9.17, 15) is 14.9 Å². The first-order valence-electron chi connectivity index (χ1n) is 13.1. The fourth-order valence-electron chi connectivity index (χ4n) is 4.78. The van der Waals surface area contributed by atoms with Crippen LogP contribution in [0.1, 0.15) is 11.1 Å². The van der Waals surface area contributed by atoms with E-state index in [0.29, 0.717) is 43.8 Å². The number of nitro groups is 1. The van der Waals surface area contributed by atoms with Crippen LogP contribution in [0.15, 0.2) is 102 Å². The molecule has 2 aromatic heterocycles. The maximum Gasteiger partial charge on any atom is 0.312 e. The normalized spacial score (nSPS) is 12.4. The molecule has 6 aromatic rings. The lowest BCUT2D eigenvalue weighted by molar-refractivity contribution is -0.386. The van der Waals surface area contributed by atoms with Crippen LogP contribution in [0.2, 0.25) is 0 Å². The minimum atomic E-state index is -0.543. The lowest BCUT2D eigenvalue weighted by Crippen LogP contribution is -2.20. The van der Waals surface area contributed by atoms with Gasteiger partial charge in [-0.3, -0.25) is 14.9 Å². The SMILES string of the molecule is O=c1c2ccccc2nc(-c2cc3cc(Br)ccc3o2)n1N=Cc1cc(Br)c(OCc2ccc3c(c2)OCO3)c([N+](=O)[O-])c1. The molecule has 0 radical (unpaired) electrons. The van der Waals surface area contributed by atoms with E-state index in [1.165, 1.54) is 12.3 Å². The Balaban J connectivity index is 1.26. The van der Waals surface area contributed by atoms with Crippen LogP contribution < -0.4 is 19.8 Å². The lowest BCUT2D eigenvalue weighted by atomic mass is 10.2. The van der Waals surface area contributed by atoms with E-state index in [0.717, 1.165) is 20.1 Å². The highest BCUT2D eigenvalue weighted by molar-refractivity contribution is 9.10. The van der Waals surface area contributed by atoms with Crippen molar-refractivity contribution in [2.75, 3.05) is 6.79 Å². The molecule has 13 heteroatoms. The van der Waals surface area contributed by atoms with Gasteiger partial charge < -0.3 is 18.6 Å². The molecule has 4 aromatic carbocycles. The summed E-state index contributed by atoms with van der Waals surface area (Å²) in [5, 5.41) is 17.6. The molecule has 0 aliphatic carbocycles. The lowest BCUT2D eigenvalue weighted by Gasteiger charge is -2.10. The topological polar surface area (TPSA) is 131 Å². The number of para-hydroxylation sites is 1. The summed E-state index contributed by atoms with van der Waals surface area (Å²) in [6.07, 6.45) is 1.35. The molecule has 3 heterocycles. The van der Waals surface area contributed by atoms with E-state index < -0.39 is 10.5 Å². The molecule has 0 fully saturated rings. The second kappa shape index (κ2) is 11.2. The maximum absolute atomic E-state index is 13.6. The Morgan fingerprint density at radius 1 is 1.02 bits per heavy atom. The van der Waals surface area contributed by atoms with Crippen molar-refractivity contribution < 1.29 is 23.6 Å². The van der Waals surface area contributed by atoms with Gasteiger partial charge in [0, 0.05) is 21.5 Å². The van der Waals surface area contributed by atoms with Gasteiger partial charge in [-0.05, 0) is 76.1 Å². The molecule has 0 bridgehead atoms. The van der Waals surface area contributed by atoms with Crippen LogP contribution in [0.3, 0.4) is 0 Å². The third-order valence-corrected chi connectivity index (χ3v) is 7.92. The number of nitro benzene ring substituents is 1. The summed E-state index contributed by atoms with van der Waals surface area (Å²) in [5.74, 6) is 1.76. The van der Waals surface area contributed by atoms with Crippen LogP contribution in [0.5, 0.6) is 17.2 Å². The smallest absolute Gasteiger partial charge is 0.312 e. The highest BCUT2D eigenvalue weighted by atomic mass is 79.9. The minimum Gasteiger partial charge on any atom is -0.481 e. The number of halogens is 2. The number of benzene rings is 4. The van der Waals surface area contributed by atoms with Gasteiger partial charge in [0.1, 0.15) is 12.2 Å². The van der Waals surface area contributed by atoms with Gasteiger partial charge in [0.05, 0.1) is 26.5 Å². The van der Waals surface area contributed by atoms with Crippen LogP contribution in [-0.4, -0.2) is 27.6 Å². The maximum atomic E-state index is 13.6. The van der Waals surface area contributed by atoms with Crippen LogP contribution in [0.4, 0.5) is 5.69 Å². The van der Waals surface area contributed by atoms with E-state index in [1.807, 2.05) is 18.2 Å². The summed E-state index contributed by atoms with van der Waals surface area (Å²) < 4.78 is 25.0. The standard InChI is InChI=1S/C31H18Br2N4O7/c32-20-6-8-25-19(12-20)13-28(44-25)30-35-23-4-2-1-3-21(23)31(38)36(30)34-14-18-9-22(33)29(24(10-18)37(39)40)41-15-17-5-7-26-27(11-17)43-16-42-26/h1-14H,15-16H2. The van der Waals surface area contributed by atoms with Crippen molar-refractivity contribution in [1.29, 1.82) is 0 Å². The summed E-state index contributed by atoms with van der Waals surface area (Å²) in [6, 6.07) is 22.5. The molecule has 0 atom stereocenters. The van der Waals surface area contributed by atoms with E-state index in [4.69, 9.17) is 18.6 Å². The fourth-order valence-corrected chi connectivity index (χ4v) is 5.74. The molecule has 0 saturated heterocycles. The van der Waals surface area contributed by atoms with Crippen molar-refractivity contribution in [1.82, 2.24) is 9.66 Å². The number of nitrogens with zero attached hydrogens (tertiary/aromatic N) is 4. The molecule has 0 spiro atoms. The molecular formula is C31H18Br2N4O7. The van der Waals surface area contributed by atoms with Gasteiger partial charge in [-0.25, -0.2) is 4.98 Å². The van der Waals surface area contributed by atoms with E-state index in [2.05, 4.69) is 41.9 Å². The summed E-state index contributed by atoms with van der Waals surface area (Å²) in [5.41, 5.74) is 1.46. The van der Waals surface area contributed by atoms with Gasteiger partial charge in [0.15, 0.2) is 17.3 Å². The second-order valence-corrected chi connectivity index (χ2v) is 11.5. The average Bonchev–Trinajstić information content (AvgIpc) is 3.66. The number of ether oxygens (including phenoxy) is 3. The number of hydrogen-bond acceptors (Lipinski definition) is 9. The van der Waals surface area contributed by atoms with Crippen LogP contribution in [0.25, 0.3) is 33.5 Å². The Bertz CT molecular complexity index is 2210. The van der Waals surface area contributed by atoms with Crippen molar-refractivity contribution in [2.24, 2.45) is 5.10 Å². The van der Waals surface area contributed by atoms with E-state index in [-0.39, 0.29) is 30.7 Å². The average molecular weight is 718 g/mol. The van der Waals surface area contributed by atoms with E-state index >= 15 is 0 Å². The van der Waals surface area contributed by atoms with Crippen LogP contribution in [-0.2, 0) is 6.61 Å². The van der Waals surface area contributed by atoms with Gasteiger partial charge in [-0.1, -0.05) is 34.1 Å². The summed E-state index contributed by atoms with van der Waals surface area (Å²) in [7, 11) is 0. The highest BCUT2D eigenvalue weighted by Crippen LogP contribution is 2.38. The first kappa shape index (κ1) is 27.8. The summed E-state index contributed by atoms with van der Waals surface area (Å²) in [6.45, 7) is 0.192. The Hall–Kier alpha value is -5.01. The monoisotopic (exact) mass is 716 g/mol. The highest BCUT2D eigenvalue weighted by Gasteiger charge is 2.22. The Morgan fingerprint density at radius 2 is 1.86 bits per heavy atom. The summed E-state index contributed by atoms with van der Waals surface area (Å²) >= 11 is 6.86. The van der Waals surface area contributed by atoms with Crippen LogP contribution in [0, 0.1) is 10.1 Å². The molecule has 0 unspecified atom stereocenters. The van der Waals surface area contributed by atoms with Crippen molar-refractivity contribution in [3.8, 4) is 28.8 Å². The summed E-state index contributed by atoms with van der Waals surface area (Å²) in [4.78, 5) is 29.8. The Kier molecular flexibility index (Phi) is 7.10. The van der Waals surface area contributed by atoms with Gasteiger partial charge in [-0.15, -0.1) is 0 Å². The fraction of sp³-hybridized carbons (Fsp3) is 0.0645. The molecule has 11 nitrogen and oxygen atoms in total. The van der Waals surface area contributed by atoms with Gasteiger partial charge in [-0.2, -0.15) is 9.78 Å². The zero-order chi connectivity index (χ0) is 30.4. The minimum absolute atomic E-state index is 0.0449. The third kappa shape index (κ3) is 5.20. The molecule has 1 aliphatic rings. The van der Waals surface area contributed by atoms with Gasteiger partial charge >= 0.3 is 5.69 Å². The van der Waals surface area contributed by atoms with Crippen molar-refractivity contribution in [2.45, 2.75) is 6.61 Å². The molecule has 1 aliphatic heterocycles. The van der Waals surface area contributed by atoms with Crippen molar-refractivity contribution in [3.05, 3.63) is 119 Å². The molecular weight excluding hydrogens is 700 g/mol. The van der Waals surface area contributed by atoms with Gasteiger partial charge in [0.2, 0.25) is 18.4 Å². The third-order valence-electron chi connectivity index (χ3n) is 6.84. The molecule has 0 saturated carbocycles. The predicted octanol–water partition coefficient (Wildman–Crippen LogP) is 7.43.